The fourth-order valence-corrected chi connectivity index (χ4v) is 1.54. The third-order valence-corrected chi connectivity index (χ3v) is 2.35. The Labute approximate surface area is 104 Å². The number of hydrogen-bond donors (Lipinski definition) is 1. The number of rotatable bonds is 7. The molecule has 0 spiro atoms. The zero-order chi connectivity index (χ0) is 12.8. The molecule has 0 bridgehead atoms. The fourth-order valence-electron chi connectivity index (χ4n) is 1.54. The monoisotopic (exact) mass is 239 g/mol. The van der Waals surface area contributed by atoms with E-state index >= 15 is 0 Å². The average molecular weight is 239 g/mol. The Kier molecular flexibility index (Phi) is 5.48. The highest BCUT2D eigenvalue weighted by Gasteiger charge is 2.06. The Morgan fingerprint density at radius 3 is 2.65 bits per heavy atom. The Balaban J connectivity index is 2.51. The van der Waals surface area contributed by atoms with E-state index in [1.165, 1.54) is 0 Å². The van der Waals surface area contributed by atoms with Crippen LogP contribution in [0.2, 0.25) is 0 Å². The number of nitrogens with one attached hydrogen (secondary N) is 1. The summed E-state index contributed by atoms with van der Waals surface area (Å²) in [6.45, 7) is 13.0. The maximum absolute atomic E-state index is 5.56. The topological polar surface area (TPSA) is 39.1 Å². The van der Waals surface area contributed by atoms with Crippen molar-refractivity contribution in [1.82, 2.24) is 9.55 Å². The van der Waals surface area contributed by atoms with E-state index in [4.69, 9.17) is 4.74 Å². The molecule has 1 aromatic heterocycles. The summed E-state index contributed by atoms with van der Waals surface area (Å²) in [6, 6.07) is 0. The summed E-state index contributed by atoms with van der Waals surface area (Å²) in [6.07, 6.45) is 2.35. The molecule has 0 saturated heterocycles. The van der Waals surface area contributed by atoms with Gasteiger partial charge in [-0.1, -0.05) is 13.8 Å². The van der Waals surface area contributed by atoms with Crippen LogP contribution in [-0.2, 0) is 11.3 Å². The van der Waals surface area contributed by atoms with Gasteiger partial charge in [-0.25, -0.2) is 4.98 Å². The van der Waals surface area contributed by atoms with E-state index in [1.54, 1.807) is 0 Å². The minimum atomic E-state index is 0.284. The third-order valence-electron chi connectivity index (χ3n) is 2.35. The highest BCUT2D eigenvalue weighted by molar-refractivity contribution is 5.28. The van der Waals surface area contributed by atoms with Crippen molar-refractivity contribution in [2.24, 2.45) is 5.92 Å². The molecule has 0 fully saturated rings. The van der Waals surface area contributed by atoms with Crippen molar-refractivity contribution in [3.63, 3.8) is 0 Å². The van der Waals surface area contributed by atoms with Crippen LogP contribution in [0.15, 0.2) is 6.20 Å². The summed E-state index contributed by atoms with van der Waals surface area (Å²) >= 11 is 0. The van der Waals surface area contributed by atoms with Gasteiger partial charge in [-0.15, -0.1) is 0 Å². The van der Waals surface area contributed by atoms with Crippen LogP contribution in [0.25, 0.3) is 0 Å². The first-order valence-corrected chi connectivity index (χ1v) is 6.38. The Morgan fingerprint density at radius 1 is 1.35 bits per heavy atom. The van der Waals surface area contributed by atoms with Gasteiger partial charge in [-0.05, 0) is 26.7 Å². The third kappa shape index (κ3) is 5.22. The van der Waals surface area contributed by atoms with Crippen LogP contribution in [0.3, 0.4) is 0 Å². The number of hydrogen-bond acceptors (Lipinski definition) is 3. The SMILES string of the molecule is Cc1cn(CCOC(C)C)c(NCC(C)C)n1. The normalized spacial score (nSPS) is 11.5. The molecule has 0 unspecified atom stereocenters. The minimum Gasteiger partial charge on any atom is -0.377 e. The molecule has 0 aromatic carbocycles. The lowest BCUT2D eigenvalue weighted by atomic mass is 10.2. The number of aromatic nitrogens is 2. The predicted octanol–water partition coefficient (Wildman–Crippen LogP) is 2.68. The van der Waals surface area contributed by atoms with Crippen LogP contribution >= 0.6 is 0 Å². The van der Waals surface area contributed by atoms with Crippen LogP contribution in [0.5, 0.6) is 0 Å². The van der Waals surface area contributed by atoms with Crippen molar-refractivity contribution in [2.75, 3.05) is 18.5 Å². The molecule has 17 heavy (non-hydrogen) atoms. The van der Waals surface area contributed by atoms with Crippen molar-refractivity contribution in [3.8, 4) is 0 Å². The lowest BCUT2D eigenvalue weighted by Crippen LogP contribution is -2.15. The van der Waals surface area contributed by atoms with Crippen LogP contribution < -0.4 is 5.32 Å². The standard InChI is InChI=1S/C13H25N3O/c1-10(2)8-14-13-15-12(5)9-16(13)6-7-17-11(3)4/h9-11H,6-8H2,1-5H3,(H,14,15). The average Bonchev–Trinajstić information content (AvgIpc) is 2.55. The Morgan fingerprint density at radius 2 is 2.06 bits per heavy atom. The van der Waals surface area contributed by atoms with Gasteiger partial charge in [0.05, 0.1) is 18.4 Å². The molecule has 0 radical (unpaired) electrons. The van der Waals surface area contributed by atoms with Crippen molar-refractivity contribution in [3.05, 3.63) is 11.9 Å². The molecular weight excluding hydrogens is 214 g/mol. The van der Waals surface area contributed by atoms with Crippen LogP contribution in [0.1, 0.15) is 33.4 Å². The molecule has 4 nitrogen and oxygen atoms in total. The number of nitrogens with zero attached hydrogens (tertiary/aromatic N) is 2. The van der Waals surface area contributed by atoms with Crippen molar-refractivity contribution < 1.29 is 4.74 Å². The smallest absolute Gasteiger partial charge is 0.203 e. The number of ether oxygens (including phenoxy) is 1. The quantitative estimate of drug-likeness (QED) is 0.795. The molecule has 98 valence electrons. The van der Waals surface area contributed by atoms with E-state index in [9.17, 15) is 0 Å². The van der Waals surface area contributed by atoms with Gasteiger partial charge >= 0.3 is 0 Å². The van der Waals surface area contributed by atoms with Crippen LogP contribution in [0, 0.1) is 12.8 Å². The van der Waals surface area contributed by atoms with Gasteiger partial charge in [-0.2, -0.15) is 0 Å². The Hall–Kier alpha value is -1.03. The summed E-state index contributed by atoms with van der Waals surface area (Å²) in [5.74, 6) is 1.57. The first-order chi connectivity index (χ1) is 7.99. The first-order valence-electron chi connectivity index (χ1n) is 6.38. The second-order valence-electron chi connectivity index (χ2n) is 5.09. The molecule has 0 amide bonds. The minimum absolute atomic E-state index is 0.284. The van der Waals surface area contributed by atoms with E-state index in [1.807, 2.05) is 6.92 Å². The summed E-state index contributed by atoms with van der Waals surface area (Å²) in [5.41, 5.74) is 1.04. The van der Waals surface area contributed by atoms with Gasteiger partial charge in [-0.3, -0.25) is 0 Å². The van der Waals surface area contributed by atoms with Crippen LogP contribution in [-0.4, -0.2) is 28.8 Å². The van der Waals surface area contributed by atoms with Gasteiger partial charge in [0.1, 0.15) is 0 Å². The zero-order valence-corrected chi connectivity index (χ0v) is 11.7. The fraction of sp³-hybridized carbons (Fsp3) is 0.769. The first kappa shape index (κ1) is 14.0. The van der Waals surface area contributed by atoms with E-state index in [-0.39, 0.29) is 6.10 Å². The summed E-state index contributed by atoms with van der Waals surface area (Å²) in [4.78, 5) is 4.48. The van der Waals surface area contributed by atoms with Crippen molar-refractivity contribution in [2.45, 2.75) is 47.3 Å². The number of imidazole rings is 1. The number of aryl methyl sites for hydroxylation is 1. The molecule has 0 atom stereocenters. The highest BCUT2D eigenvalue weighted by atomic mass is 16.5. The van der Waals surface area contributed by atoms with Gasteiger partial charge in [0, 0.05) is 19.3 Å². The molecular formula is C13H25N3O. The van der Waals surface area contributed by atoms with Gasteiger partial charge < -0.3 is 14.6 Å². The van der Waals surface area contributed by atoms with E-state index < -0.39 is 0 Å². The van der Waals surface area contributed by atoms with Gasteiger partial charge in [0.2, 0.25) is 5.95 Å². The van der Waals surface area contributed by atoms with Crippen molar-refractivity contribution >= 4 is 5.95 Å². The molecule has 4 heteroatoms. The number of anilines is 1. The highest BCUT2D eigenvalue weighted by Crippen LogP contribution is 2.09. The van der Waals surface area contributed by atoms with E-state index in [2.05, 4.69) is 48.8 Å². The zero-order valence-electron chi connectivity index (χ0n) is 11.7. The van der Waals surface area contributed by atoms with Gasteiger partial charge in [0.15, 0.2) is 0 Å². The second-order valence-corrected chi connectivity index (χ2v) is 5.09. The lowest BCUT2D eigenvalue weighted by molar-refractivity contribution is 0.0730. The van der Waals surface area contributed by atoms with E-state index in [0.29, 0.717) is 5.92 Å². The molecule has 0 aliphatic heterocycles. The maximum Gasteiger partial charge on any atom is 0.203 e. The predicted molar refractivity (Wildman–Crippen MR) is 71.4 cm³/mol. The second kappa shape index (κ2) is 6.64. The summed E-state index contributed by atoms with van der Waals surface area (Å²) in [5, 5.41) is 3.37. The molecule has 1 aromatic rings. The molecule has 1 heterocycles. The molecule has 0 aliphatic carbocycles. The maximum atomic E-state index is 5.56. The van der Waals surface area contributed by atoms with Crippen molar-refractivity contribution in [1.29, 1.82) is 0 Å². The van der Waals surface area contributed by atoms with Crippen LogP contribution in [0.4, 0.5) is 5.95 Å². The molecule has 1 N–H and O–H groups in total. The molecule has 0 aliphatic rings. The molecule has 1 rings (SSSR count). The largest absolute Gasteiger partial charge is 0.377 e. The van der Waals surface area contributed by atoms with Gasteiger partial charge in [0.25, 0.3) is 0 Å². The summed E-state index contributed by atoms with van der Waals surface area (Å²) < 4.78 is 7.68. The van der Waals surface area contributed by atoms with E-state index in [0.717, 1.165) is 31.3 Å². The lowest BCUT2D eigenvalue weighted by Gasteiger charge is -2.12. The Bertz CT molecular complexity index is 331. The summed E-state index contributed by atoms with van der Waals surface area (Å²) in [7, 11) is 0. The molecule has 0 saturated carbocycles.